The molecule has 0 amide bonds. The Morgan fingerprint density at radius 2 is 1.94 bits per heavy atom. The number of nitrogens with one attached hydrogen (secondary N) is 3. The number of aromatic amines is 1. The van der Waals surface area contributed by atoms with Crippen molar-refractivity contribution in [1.82, 2.24) is 15.0 Å². The number of aromatic nitrogens is 3. The third kappa shape index (κ3) is 4.30. The number of rotatable bonds is 7. The molecule has 3 heterocycles. The van der Waals surface area contributed by atoms with E-state index in [0.29, 0.717) is 5.69 Å². The van der Waals surface area contributed by atoms with Crippen LogP contribution in [-0.4, -0.2) is 36.2 Å². The highest BCUT2D eigenvalue weighted by Gasteiger charge is 2.12. The van der Waals surface area contributed by atoms with Gasteiger partial charge in [0.2, 0.25) is 10.0 Å². The minimum Gasteiger partial charge on any atom is -0.368 e. The zero-order chi connectivity index (χ0) is 22.1. The molecule has 162 valence electrons. The van der Waals surface area contributed by atoms with Gasteiger partial charge in [0.1, 0.15) is 12.1 Å². The lowest BCUT2D eigenvalue weighted by Gasteiger charge is -2.06. The maximum atomic E-state index is 11.6. The maximum absolute atomic E-state index is 11.6. The van der Waals surface area contributed by atoms with Gasteiger partial charge in [0.05, 0.1) is 16.5 Å². The van der Waals surface area contributed by atoms with Crippen molar-refractivity contribution < 1.29 is 8.42 Å². The normalized spacial score (nSPS) is 11.8. The van der Waals surface area contributed by atoms with E-state index in [1.54, 1.807) is 23.7 Å². The Hall–Kier alpha value is -3.43. The van der Waals surface area contributed by atoms with Crippen LogP contribution in [0.1, 0.15) is 5.56 Å². The predicted molar refractivity (Wildman–Crippen MR) is 132 cm³/mol. The Kier molecular flexibility index (Phi) is 5.28. The molecule has 5 aromatic rings. The lowest BCUT2D eigenvalue weighted by Crippen LogP contribution is -2.09. The third-order valence-corrected chi connectivity index (χ3v) is 6.91. The number of thiophene rings is 1. The Balaban J connectivity index is 1.37. The highest BCUT2D eigenvalue weighted by molar-refractivity contribution is 7.92. The molecule has 2 aromatic carbocycles. The molecule has 0 aliphatic heterocycles. The molecule has 0 saturated carbocycles. The molecule has 0 saturated heterocycles. The average Bonchev–Trinajstić information content (AvgIpc) is 3.38. The van der Waals surface area contributed by atoms with Gasteiger partial charge in [-0.05, 0) is 41.8 Å². The van der Waals surface area contributed by atoms with Crippen molar-refractivity contribution in [3.05, 3.63) is 72.7 Å². The lowest BCUT2D eigenvalue weighted by molar-refractivity contribution is 0.607. The summed E-state index contributed by atoms with van der Waals surface area (Å²) in [6.07, 6.45) is 5.63. The first-order chi connectivity index (χ1) is 15.5. The van der Waals surface area contributed by atoms with Crippen molar-refractivity contribution in [2.75, 3.05) is 22.8 Å². The maximum Gasteiger partial charge on any atom is 0.229 e. The predicted octanol–water partition coefficient (Wildman–Crippen LogP) is 4.87. The van der Waals surface area contributed by atoms with Crippen molar-refractivity contribution in [3.63, 3.8) is 0 Å². The van der Waals surface area contributed by atoms with Crippen LogP contribution in [0, 0.1) is 0 Å². The number of hydrogen-bond donors (Lipinski definition) is 3. The van der Waals surface area contributed by atoms with Crippen LogP contribution in [0.15, 0.2) is 67.1 Å². The summed E-state index contributed by atoms with van der Waals surface area (Å²) >= 11 is 1.58. The first kappa shape index (κ1) is 20.5. The van der Waals surface area contributed by atoms with E-state index in [4.69, 9.17) is 0 Å². The van der Waals surface area contributed by atoms with Gasteiger partial charge in [0.25, 0.3) is 0 Å². The van der Waals surface area contributed by atoms with Crippen LogP contribution in [0.4, 0.5) is 11.5 Å². The highest BCUT2D eigenvalue weighted by Crippen LogP contribution is 2.36. The van der Waals surface area contributed by atoms with Gasteiger partial charge >= 0.3 is 0 Å². The molecule has 0 radical (unpaired) electrons. The van der Waals surface area contributed by atoms with Crippen LogP contribution < -0.4 is 10.0 Å². The molecule has 0 aliphatic rings. The van der Waals surface area contributed by atoms with Crippen molar-refractivity contribution in [2.24, 2.45) is 0 Å². The molecule has 0 aliphatic carbocycles. The van der Waals surface area contributed by atoms with E-state index in [1.807, 2.05) is 30.3 Å². The molecular weight excluding hydrogens is 442 g/mol. The topological polar surface area (TPSA) is 99.8 Å². The molecule has 0 fully saturated rings. The number of fused-ring (bicyclic) bond motifs is 2. The third-order valence-electron chi connectivity index (χ3n) is 5.12. The Bertz CT molecular complexity index is 1520. The van der Waals surface area contributed by atoms with Crippen LogP contribution >= 0.6 is 11.3 Å². The van der Waals surface area contributed by atoms with E-state index in [-0.39, 0.29) is 0 Å². The molecule has 7 nitrogen and oxygen atoms in total. The molecule has 32 heavy (non-hydrogen) atoms. The first-order valence-corrected chi connectivity index (χ1v) is 12.8. The van der Waals surface area contributed by atoms with E-state index in [1.165, 1.54) is 10.9 Å². The fourth-order valence-electron chi connectivity index (χ4n) is 3.73. The molecule has 3 N–H and O–H groups in total. The van der Waals surface area contributed by atoms with E-state index < -0.39 is 10.0 Å². The van der Waals surface area contributed by atoms with Crippen molar-refractivity contribution in [2.45, 2.75) is 6.42 Å². The summed E-state index contributed by atoms with van der Waals surface area (Å²) in [5.74, 6) is 0.802. The Morgan fingerprint density at radius 3 is 2.81 bits per heavy atom. The van der Waals surface area contributed by atoms with Crippen LogP contribution in [0.3, 0.4) is 0 Å². The van der Waals surface area contributed by atoms with Gasteiger partial charge in [0.15, 0.2) is 0 Å². The summed E-state index contributed by atoms with van der Waals surface area (Å²) in [4.78, 5) is 13.2. The summed E-state index contributed by atoms with van der Waals surface area (Å²) < 4.78 is 26.6. The second kappa shape index (κ2) is 8.25. The average molecular weight is 464 g/mol. The largest absolute Gasteiger partial charge is 0.368 e. The number of H-pyrrole nitrogens is 1. The molecule has 0 bridgehead atoms. The fourth-order valence-corrected chi connectivity index (χ4v) is 5.35. The number of anilines is 2. The second-order valence-corrected chi connectivity index (χ2v) is 10.3. The monoisotopic (exact) mass is 463 g/mol. The van der Waals surface area contributed by atoms with Crippen LogP contribution in [0.2, 0.25) is 0 Å². The van der Waals surface area contributed by atoms with E-state index in [9.17, 15) is 8.42 Å². The summed E-state index contributed by atoms with van der Waals surface area (Å²) in [5.41, 5.74) is 4.72. The molecule has 0 unspecified atom stereocenters. The summed E-state index contributed by atoms with van der Waals surface area (Å²) in [6.45, 7) is 0.745. The smallest absolute Gasteiger partial charge is 0.229 e. The SMILES string of the molecule is CS(=O)(=O)Nc1cccc(-c2cc3ncnc(NCCc4c[nH]c5ccccc45)c3s2)c1. The van der Waals surface area contributed by atoms with E-state index >= 15 is 0 Å². The highest BCUT2D eigenvalue weighted by atomic mass is 32.2. The second-order valence-electron chi connectivity index (χ2n) is 7.54. The van der Waals surface area contributed by atoms with Crippen LogP contribution in [0.25, 0.3) is 31.6 Å². The first-order valence-electron chi connectivity index (χ1n) is 10.1. The van der Waals surface area contributed by atoms with Gasteiger partial charge in [-0.25, -0.2) is 18.4 Å². The number of para-hydroxylation sites is 1. The van der Waals surface area contributed by atoms with Crippen molar-refractivity contribution in [1.29, 1.82) is 0 Å². The Labute approximate surface area is 189 Å². The number of sulfonamides is 1. The zero-order valence-corrected chi connectivity index (χ0v) is 18.9. The van der Waals surface area contributed by atoms with Gasteiger partial charge in [-0.3, -0.25) is 4.72 Å². The molecule has 0 atom stereocenters. The van der Waals surface area contributed by atoms with E-state index in [0.717, 1.165) is 51.2 Å². The van der Waals surface area contributed by atoms with Gasteiger partial charge in [0, 0.05) is 34.2 Å². The van der Waals surface area contributed by atoms with Gasteiger partial charge < -0.3 is 10.3 Å². The van der Waals surface area contributed by atoms with Gasteiger partial charge in [-0.1, -0.05) is 30.3 Å². The number of benzene rings is 2. The molecule has 3 aromatic heterocycles. The standard InChI is InChI=1S/C23H21N5O2S2/c1-32(29,30)28-17-6-4-5-15(11-17)21-12-20-22(31-21)23(27-14-26-20)24-10-9-16-13-25-19-8-3-2-7-18(16)19/h2-8,11-14,25,28H,9-10H2,1H3,(H,24,26,27). The zero-order valence-electron chi connectivity index (χ0n) is 17.3. The van der Waals surface area contributed by atoms with Crippen molar-refractivity contribution in [3.8, 4) is 10.4 Å². The molecule has 5 rings (SSSR count). The summed E-state index contributed by atoms with van der Waals surface area (Å²) in [6, 6.07) is 17.6. The Morgan fingerprint density at radius 1 is 1.06 bits per heavy atom. The molecular formula is C23H21N5O2S2. The molecule has 0 spiro atoms. The van der Waals surface area contributed by atoms with E-state index in [2.05, 4.69) is 49.4 Å². The minimum atomic E-state index is -3.33. The number of nitrogens with zero attached hydrogens (tertiary/aromatic N) is 2. The summed E-state index contributed by atoms with van der Waals surface area (Å²) in [5, 5.41) is 4.69. The lowest BCUT2D eigenvalue weighted by atomic mass is 10.1. The number of hydrogen-bond acceptors (Lipinski definition) is 6. The minimum absolute atomic E-state index is 0.533. The van der Waals surface area contributed by atoms with Gasteiger partial charge in [-0.2, -0.15) is 0 Å². The van der Waals surface area contributed by atoms with Gasteiger partial charge in [-0.15, -0.1) is 11.3 Å². The summed E-state index contributed by atoms with van der Waals surface area (Å²) in [7, 11) is -3.33. The van der Waals surface area contributed by atoms with Crippen LogP contribution in [-0.2, 0) is 16.4 Å². The molecule has 9 heteroatoms. The van der Waals surface area contributed by atoms with Crippen molar-refractivity contribution >= 4 is 54.0 Å². The van der Waals surface area contributed by atoms with Crippen LogP contribution in [0.5, 0.6) is 0 Å². The fraction of sp³-hybridized carbons (Fsp3) is 0.130. The quantitative estimate of drug-likeness (QED) is 0.320.